The molecule has 1 N–H and O–H groups in total. The highest BCUT2D eigenvalue weighted by atomic mass is 16.3. The smallest absolute Gasteiger partial charge is 0.196 e. The molecule has 0 fully saturated rings. The Morgan fingerprint density at radius 1 is 1.56 bits per heavy atom. The second-order valence-corrected chi connectivity index (χ2v) is 4.85. The van der Waals surface area contributed by atoms with E-state index in [0.717, 1.165) is 37.1 Å². The second kappa shape index (κ2) is 5.42. The number of aliphatic imine (C=N–C) groups is 1. The molecule has 0 amide bonds. The standard InChI is InChI=1S/C15H22N2O/c1-4-7-12(8-5-2)17-14-13(9-6-10-16-14)11(3)15(17)18/h4,7,10,12,18H,5-6,8-9H2,1-3H3/b7-4-/t12-/m0/s1. The lowest BCUT2D eigenvalue weighted by Crippen LogP contribution is -2.06. The van der Waals surface area contributed by atoms with Crippen LogP contribution in [0.3, 0.4) is 0 Å². The highest BCUT2D eigenvalue weighted by Gasteiger charge is 2.24. The van der Waals surface area contributed by atoms with Gasteiger partial charge in [0.25, 0.3) is 0 Å². The molecule has 1 atom stereocenters. The van der Waals surface area contributed by atoms with Gasteiger partial charge in [-0.3, -0.25) is 4.57 Å². The van der Waals surface area contributed by atoms with Gasteiger partial charge < -0.3 is 5.11 Å². The van der Waals surface area contributed by atoms with Crippen LogP contribution < -0.4 is 0 Å². The van der Waals surface area contributed by atoms with Gasteiger partial charge in [0.15, 0.2) is 5.88 Å². The first-order valence-electron chi connectivity index (χ1n) is 6.78. The molecule has 1 aliphatic rings. The van der Waals surface area contributed by atoms with Crippen LogP contribution in [0.5, 0.6) is 5.88 Å². The summed E-state index contributed by atoms with van der Waals surface area (Å²) in [6.45, 7) is 6.18. The van der Waals surface area contributed by atoms with Crippen LogP contribution in [0.4, 0.5) is 5.82 Å². The maximum Gasteiger partial charge on any atom is 0.196 e. The Morgan fingerprint density at radius 3 is 3.00 bits per heavy atom. The van der Waals surface area contributed by atoms with Gasteiger partial charge in [0.2, 0.25) is 0 Å². The number of allylic oxidation sites excluding steroid dienone is 2. The normalized spacial score (nSPS) is 16.2. The number of rotatable bonds is 4. The van der Waals surface area contributed by atoms with Gasteiger partial charge in [0, 0.05) is 17.3 Å². The number of aromatic nitrogens is 1. The SMILES string of the molecule is C/C=C\[C@@H](CCC)n1c(O)c(C)c2c1N=CCC2. The van der Waals surface area contributed by atoms with Crippen molar-refractivity contribution >= 4 is 12.0 Å². The maximum absolute atomic E-state index is 10.4. The first-order valence-corrected chi connectivity index (χ1v) is 6.78. The highest BCUT2D eigenvalue weighted by Crippen LogP contribution is 2.40. The van der Waals surface area contributed by atoms with E-state index in [4.69, 9.17) is 0 Å². The van der Waals surface area contributed by atoms with E-state index in [1.165, 1.54) is 5.56 Å². The van der Waals surface area contributed by atoms with Crippen LogP contribution in [0.25, 0.3) is 0 Å². The number of aromatic hydroxyl groups is 1. The van der Waals surface area contributed by atoms with Crippen LogP contribution in [0.2, 0.25) is 0 Å². The molecule has 1 aromatic heterocycles. The summed E-state index contributed by atoms with van der Waals surface area (Å²) in [6.07, 6.45) is 10.2. The summed E-state index contributed by atoms with van der Waals surface area (Å²) in [5.41, 5.74) is 2.20. The summed E-state index contributed by atoms with van der Waals surface area (Å²) in [5, 5.41) is 10.4. The molecule has 2 rings (SSSR count). The minimum atomic E-state index is 0.206. The van der Waals surface area contributed by atoms with E-state index in [0.29, 0.717) is 5.88 Å². The van der Waals surface area contributed by atoms with Crippen molar-refractivity contribution < 1.29 is 5.11 Å². The minimum absolute atomic E-state index is 0.206. The molecular formula is C15H22N2O. The van der Waals surface area contributed by atoms with E-state index in [-0.39, 0.29) is 6.04 Å². The van der Waals surface area contributed by atoms with Crippen LogP contribution in [0.15, 0.2) is 17.1 Å². The van der Waals surface area contributed by atoms with Crippen molar-refractivity contribution in [3.05, 3.63) is 23.3 Å². The van der Waals surface area contributed by atoms with Crippen LogP contribution in [-0.2, 0) is 6.42 Å². The summed E-state index contributed by atoms with van der Waals surface area (Å²) in [7, 11) is 0. The van der Waals surface area contributed by atoms with Gasteiger partial charge in [-0.25, -0.2) is 4.99 Å². The third-order valence-corrected chi connectivity index (χ3v) is 3.58. The Kier molecular flexibility index (Phi) is 3.90. The van der Waals surface area contributed by atoms with Crippen molar-refractivity contribution in [2.75, 3.05) is 0 Å². The van der Waals surface area contributed by atoms with Crippen LogP contribution in [-0.4, -0.2) is 15.9 Å². The monoisotopic (exact) mass is 246 g/mol. The van der Waals surface area contributed by atoms with Crippen molar-refractivity contribution in [1.29, 1.82) is 0 Å². The van der Waals surface area contributed by atoms with Crippen LogP contribution in [0, 0.1) is 6.92 Å². The molecule has 0 spiro atoms. The third-order valence-electron chi connectivity index (χ3n) is 3.58. The minimum Gasteiger partial charge on any atom is -0.494 e. The van der Waals surface area contributed by atoms with E-state index in [9.17, 15) is 5.11 Å². The van der Waals surface area contributed by atoms with Gasteiger partial charge in [0.05, 0.1) is 6.04 Å². The summed E-state index contributed by atoms with van der Waals surface area (Å²) in [4.78, 5) is 4.50. The number of hydrogen-bond acceptors (Lipinski definition) is 2. The molecular weight excluding hydrogens is 224 g/mol. The average molecular weight is 246 g/mol. The first-order chi connectivity index (χ1) is 8.70. The first kappa shape index (κ1) is 12.9. The van der Waals surface area contributed by atoms with E-state index in [2.05, 4.69) is 18.0 Å². The lowest BCUT2D eigenvalue weighted by molar-refractivity contribution is 0.394. The fraction of sp³-hybridized carbons (Fsp3) is 0.533. The Hall–Kier alpha value is -1.51. The summed E-state index contributed by atoms with van der Waals surface area (Å²) >= 11 is 0. The molecule has 0 radical (unpaired) electrons. The molecule has 18 heavy (non-hydrogen) atoms. The Labute approximate surface area is 109 Å². The summed E-state index contributed by atoms with van der Waals surface area (Å²) in [6, 6.07) is 0.206. The molecule has 0 saturated carbocycles. The molecule has 0 aliphatic carbocycles. The van der Waals surface area contributed by atoms with E-state index < -0.39 is 0 Å². The lowest BCUT2D eigenvalue weighted by atomic mass is 10.1. The Bertz CT molecular complexity index is 483. The van der Waals surface area contributed by atoms with Crippen molar-refractivity contribution in [2.24, 2.45) is 4.99 Å². The van der Waals surface area contributed by atoms with E-state index in [1.54, 1.807) is 0 Å². The maximum atomic E-state index is 10.4. The molecule has 0 bridgehead atoms. The van der Waals surface area contributed by atoms with Crippen LogP contribution in [0.1, 0.15) is 50.3 Å². The van der Waals surface area contributed by atoms with Gasteiger partial charge in [0.1, 0.15) is 5.82 Å². The Balaban J connectivity index is 2.52. The number of nitrogens with zero attached hydrogens (tertiary/aromatic N) is 2. The predicted molar refractivity (Wildman–Crippen MR) is 76.1 cm³/mol. The predicted octanol–water partition coefficient (Wildman–Crippen LogP) is 4.07. The van der Waals surface area contributed by atoms with E-state index >= 15 is 0 Å². The fourth-order valence-electron chi connectivity index (χ4n) is 2.67. The molecule has 0 saturated heterocycles. The zero-order chi connectivity index (χ0) is 13.1. The van der Waals surface area contributed by atoms with Gasteiger partial charge in [-0.05, 0) is 33.1 Å². The quantitative estimate of drug-likeness (QED) is 0.799. The topological polar surface area (TPSA) is 37.5 Å². The third kappa shape index (κ3) is 2.09. The Morgan fingerprint density at radius 2 is 2.33 bits per heavy atom. The van der Waals surface area contributed by atoms with Crippen molar-refractivity contribution in [2.45, 2.75) is 52.5 Å². The van der Waals surface area contributed by atoms with Crippen molar-refractivity contribution in [3.8, 4) is 5.88 Å². The largest absolute Gasteiger partial charge is 0.494 e. The zero-order valence-electron chi connectivity index (χ0n) is 11.5. The average Bonchev–Trinajstić information content (AvgIpc) is 2.63. The summed E-state index contributed by atoms with van der Waals surface area (Å²) < 4.78 is 1.99. The van der Waals surface area contributed by atoms with Crippen LogP contribution >= 0.6 is 0 Å². The van der Waals surface area contributed by atoms with Gasteiger partial charge in [-0.2, -0.15) is 0 Å². The lowest BCUT2D eigenvalue weighted by Gasteiger charge is -2.18. The molecule has 3 heteroatoms. The molecule has 1 aromatic rings. The molecule has 1 aliphatic heterocycles. The highest BCUT2D eigenvalue weighted by molar-refractivity contribution is 5.70. The van der Waals surface area contributed by atoms with Gasteiger partial charge >= 0.3 is 0 Å². The van der Waals surface area contributed by atoms with Crippen molar-refractivity contribution in [3.63, 3.8) is 0 Å². The fourth-order valence-corrected chi connectivity index (χ4v) is 2.67. The van der Waals surface area contributed by atoms with Gasteiger partial charge in [-0.1, -0.05) is 25.5 Å². The van der Waals surface area contributed by atoms with Gasteiger partial charge in [-0.15, -0.1) is 0 Å². The molecule has 0 aromatic carbocycles. The molecule has 98 valence electrons. The second-order valence-electron chi connectivity index (χ2n) is 4.85. The van der Waals surface area contributed by atoms with E-state index in [1.807, 2.05) is 30.7 Å². The molecule has 3 nitrogen and oxygen atoms in total. The van der Waals surface area contributed by atoms with Crippen molar-refractivity contribution in [1.82, 2.24) is 4.57 Å². The number of hydrogen-bond donors (Lipinski definition) is 1. The number of fused-ring (bicyclic) bond motifs is 1. The molecule has 0 unspecified atom stereocenters. The zero-order valence-corrected chi connectivity index (χ0v) is 11.5. The summed E-state index contributed by atoms with van der Waals surface area (Å²) in [5.74, 6) is 1.34. The molecule has 2 heterocycles.